The zero-order valence-corrected chi connectivity index (χ0v) is 23.5. The number of benzene rings is 1. The largest absolute Gasteiger partial charge is 0.416 e. The lowest BCUT2D eigenvalue weighted by molar-refractivity contribution is -0.161. The second-order valence-electron chi connectivity index (χ2n) is 11.9. The fourth-order valence-electron chi connectivity index (χ4n) is 5.16. The molecule has 1 saturated carbocycles. The average molecular weight is 514 g/mol. The molecule has 1 aliphatic carbocycles. The van der Waals surface area contributed by atoms with Gasteiger partial charge in [0, 0.05) is 24.3 Å². The van der Waals surface area contributed by atoms with E-state index in [1.165, 1.54) is 6.33 Å². The first-order chi connectivity index (χ1) is 16.4. The molecule has 2 aliphatic rings. The van der Waals surface area contributed by atoms with Crippen molar-refractivity contribution in [3.8, 4) is 11.1 Å². The minimum atomic E-state index is -1.89. The predicted molar refractivity (Wildman–Crippen MR) is 142 cm³/mol. The van der Waals surface area contributed by atoms with E-state index in [-0.39, 0.29) is 29.2 Å². The van der Waals surface area contributed by atoms with Crippen molar-refractivity contribution in [3.05, 3.63) is 48.0 Å². The first-order valence-electron chi connectivity index (χ1n) is 12.4. The van der Waals surface area contributed by atoms with E-state index >= 15 is 0 Å². The van der Waals surface area contributed by atoms with Crippen molar-refractivity contribution >= 4 is 31.0 Å². The van der Waals surface area contributed by atoms with Gasteiger partial charge in [0.1, 0.15) is 23.2 Å². The number of aromatic nitrogens is 3. The van der Waals surface area contributed by atoms with Crippen LogP contribution in [0, 0.1) is 5.92 Å². The monoisotopic (exact) mass is 513 g/mol. The van der Waals surface area contributed by atoms with Crippen molar-refractivity contribution in [1.82, 2.24) is 14.5 Å². The van der Waals surface area contributed by atoms with Gasteiger partial charge in [0.05, 0.1) is 17.5 Å². The van der Waals surface area contributed by atoms with Crippen LogP contribution in [-0.2, 0) is 13.9 Å². The predicted octanol–water partition coefficient (Wildman–Crippen LogP) is 6.85. The first kappa shape index (κ1) is 24.9. The Morgan fingerprint density at radius 2 is 1.80 bits per heavy atom. The van der Waals surface area contributed by atoms with Crippen LogP contribution in [0.2, 0.25) is 23.3 Å². The molecule has 3 heterocycles. The van der Waals surface area contributed by atoms with E-state index in [0.29, 0.717) is 11.8 Å². The van der Waals surface area contributed by atoms with Gasteiger partial charge >= 0.3 is 0 Å². The second kappa shape index (κ2) is 8.66. The molecule has 1 saturated heterocycles. The van der Waals surface area contributed by atoms with E-state index in [2.05, 4.69) is 66.7 Å². The van der Waals surface area contributed by atoms with Crippen molar-refractivity contribution in [3.63, 3.8) is 0 Å². The first-order valence-corrected chi connectivity index (χ1v) is 15.7. The smallest absolute Gasteiger partial charge is 0.191 e. The van der Waals surface area contributed by atoms with Gasteiger partial charge in [0.15, 0.2) is 14.1 Å². The molecule has 0 amide bonds. The maximum absolute atomic E-state index is 6.67. The van der Waals surface area contributed by atoms with Crippen LogP contribution >= 0.6 is 11.6 Å². The number of ether oxygens (including phenoxy) is 2. The van der Waals surface area contributed by atoms with Gasteiger partial charge in [-0.25, -0.2) is 9.97 Å². The van der Waals surface area contributed by atoms with Gasteiger partial charge in [-0.3, -0.25) is 0 Å². The Morgan fingerprint density at radius 3 is 2.49 bits per heavy atom. The molecule has 0 unspecified atom stereocenters. The summed E-state index contributed by atoms with van der Waals surface area (Å²) < 4.78 is 21.9. The number of rotatable bonds is 5. The Hall–Kier alpha value is -1.77. The summed E-state index contributed by atoms with van der Waals surface area (Å²) in [5, 5.41) is 1.49. The highest BCUT2D eigenvalue weighted by atomic mass is 35.5. The second-order valence-corrected chi connectivity index (χ2v) is 17.0. The van der Waals surface area contributed by atoms with E-state index in [4.69, 9.17) is 25.5 Å². The quantitative estimate of drug-likeness (QED) is 0.275. The third-order valence-electron chi connectivity index (χ3n) is 8.02. The number of nitrogens with zero attached hydrogens (tertiary/aromatic N) is 3. The summed E-state index contributed by atoms with van der Waals surface area (Å²) in [6, 6.07) is 10.3. The molecule has 188 valence electrons. The van der Waals surface area contributed by atoms with Crippen LogP contribution in [-0.4, -0.2) is 47.5 Å². The lowest BCUT2D eigenvalue weighted by Gasteiger charge is -2.37. The molecule has 2 fully saturated rings. The highest BCUT2D eigenvalue weighted by Gasteiger charge is 2.55. The lowest BCUT2D eigenvalue weighted by atomic mass is 10.1. The average Bonchev–Trinajstić information content (AvgIpc) is 3.41. The molecule has 6 nitrogen and oxygen atoms in total. The summed E-state index contributed by atoms with van der Waals surface area (Å²) in [7, 11) is -1.89. The van der Waals surface area contributed by atoms with Crippen molar-refractivity contribution in [2.24, 2.45) is 5.92 Å². The minimum absolute atomic E-state index is 0.0327. The molecule has 0 spiro atoms. The Kier molecular flexibility index (Phi) is 6.16. The molecule has 3 aromatic rings. The van der Waals surface area contributed by atoms with Crippen molar-refractivity contribution in [2.45, 2.75) is 83.2 Å². The van der Waals surface area contributed by atoms with Crippen LogP contribution in [0.15, 0.2) is 42.9 Å². The molecular formula is C27H36ClN3O3Si. The zero-order valence-electron chi connectivity index (χ0n) is 21.7. The molecule has 0 radical (unpaired) electrons. The molecule has 0 N–H and O–H groups in total. The molecule has 1 aromatic carbocycles. The number of hydrogen-bond donors (Lipinski definition) is 0. The number of fused-ring (bicyclic) bond motifs is 2. The van der Waals surface area contributed by atoms with Gasteiger partial charge in [-0.1, -0.05) is 62.7 Å². The molecular weight excluding hydrogens is 478 g/mol. The Morgan fingerprint density at radius 1 is 1.11 bits per heavy atom. The van der Waals surface area contributed by atoms with E-state index in [0.717, 1.165) is 28.6 Å². The van der Waals surface area contributed by atoms with Gasteiger partial charge in [0.2, 0.25) is 0 Å². The summed E-state index contributed by atoms with van der Waals surface area (Å²) >= 11 is 6.62. The van der Waals surface area contributed by atoms with Gasteiger partial charge < -0.3 is 18.5 Å². The fraction of sp³-hybridized carbons (Fsp3) is 0.556. The van der Waals surface area contributed by atoms with Crippen LogP contribution in [0.5, 0.6) is 0 Å². The summed E-state index contributed by atoms with van der Waals surface area (Å²) in [6.07, 6.45) is 4.46. The van der Waals surface area contributed by atoms with Crippen LogP contribution in [0.3, 0.4) is 0 Å². The minimum Gasteiger partial charge on any atom is -0.416 e. The highest BCUT2D eigenvalue weighted by Crippen LogP contribution is 2.49. The third kappa shape index (κ3) is 4.46. The van der Waals surface area contributed by atoms with E-state index in [9.17, 15) is 0 Å². The molecule has 0 bridgehead atoms. The summed E-state index contributed by atoms with van der Waals surface area (Å²) in [5.41, 5.74) is 2.94. The number of halogens is 1. The zero-order chi connectivity index (χ0) is 25.2. The molecule has 35 heavy (non-hydrogen) atoms. The molecule has 8 heteroatoms. The van der Waals surface area contributed by atoms with Crippen molar-refractivity contribution < 1.29 is 13.9 Å². The fourth-order valence-corrected chi connectivity index (χ4v) is 6.46. The van der Waals surface area contributed by atoms with E-state index in [1.807, 2.05) is 32.0 Å². The van der Waals surface area contributed by atoms with E-state index in [1.54, 1.807) is 0 Å². The number of hydrogen-bond acceptors (Lipinski definition) is 5. The molecule has 4 atom stereocenters. The topological polar surface area (TPSA) is 58.4 Å². The van der Waals surface area contributed by atoms with Gasteiger partial charge in [-0.2, -0.15) is 0 Å². The standard InChI is InChI=1S/C27H36ClN3O3Si/c1-26(2,3)35(6,7)32-15-18-13-20(23-22(18)33-27(4,5)34-23)31-14-19(17-11-9-8-10-12-17)21-24(28)29-16-30-25(21)31/h8-12,14,16,18,20,22-23H,13,15H2,1-7H3/t18-,20-,22-,23+/m1/s1. The maximum Gasteiger partial charge on any atom is 0.191 e. The van der Waals surface area contributed by atoms with Gasteiger partial charge in [-0.15, -0.1) is 0 Å². The van der Waals surface area contributed by atoms with Gasteiger partial charge in [-0.05, 0) is 44.0 Å². The van der Waals surface area contributed by atoms with Gasteiger partial charge in [0.25, 0.3) is 0 Å². The lowest BCUT2D eigenvalue weighted by Crippen LogP contribution is -2.43. The Balaban J connectivity index is 1.53. The van der Waals surface area contributed by atoms with Crippen LogP contribution in [0.1, 0.15) is 47.1 Å². The third-order valence-corrected chi connectivity index (χ3v) is 12.8. The Labute approximate surface area is 214 Å². The Bertz CT molecular complexity index is 1220. The highest BCUT2D eigenvalue weighted by molar-refractivity contribution is 6.74. The molecule has 2 aromatic heterocycles. The van der Waals surface area contributed by atoms with Crippen LogP contribution in [0.4, 0.5) is 0 Å². The molecule has 5 rings (SSSR count). The van der Waals surface area contributed by atoms with Crippen LogP contribution < -0.4 is 0 Å². The van der Waals surface area contributed by atoms with Crippen molar-refractivity contribution in [2.75, 3.05) is 6.61 Å². The summed E-state index contributed by atoms with van der Waals surface area (Å²) in [4.78, 5) is 8.96. The summed E-state index contributed by atoms with van der Waals surface area (Å²) in [6.45, 7) is 16.1. The molecule has 1 aliphatic heterocycles. The maximum atomic E-state index is 6.67. The van der Waals surface area contributed by atoms with Crippen molar-refractivity contribution in [1.29, 1.82) is 0 Å². The normalized spacial score (nSPS) is 26.4. The van der Waals surface area contributed by atoms with Crippen LogP contribution in [0.25, 0.3) is 22.2 Å². The SMILES string of the molecule is CC1(C)O[C@@H]2[C@@H](CO[Si](C)(C)C(C)(C)C)C[C@@H](n3cc(-c4ccccc4)c4c(Cl)ncnc43)[C@@H]2O1. The van der Waals surface area contributed by atoms with E-state index < -0.39 is 14.1 Å². The summed E-state index contributed by atoms with van der Waals surface area (Å²) in [5.74, 6) is -0.406.